The summed E-state index contributed by atoms with van der Waals surface area (Å²) in [6.45, 7) is 3.40. The van der Waals surface area contributed by atoms with Gasteiger partial charge in [-0.15, -0.1) is 6.58 Å². The van der Waals surface area contributed by atoms with Crippen molar-refractivity contribution in [1.29, 1.82) is 0 Å². The SMILES string of the molecule is C=CCN1C(=O)C(=O)N(CC(=O)NC2CCCC2CN)C1=O. The summed E-state index contributed by atoms with van der Waals surface area (Å²) < 4.78 is 0. The number of amides is 5. The maximum absolute atomic E-state index is 12.0. The summed E-state index contributed by atoms with van der Waals surface area (Å²) in [6.07, 6.45) is 4.11. The second-order valence-electron chi connectivity index (χ2n) is 5.48. The van der Waals surface area contributed by atoms with Crippen LogP contribution in [0.15, 0.2) is 12.7 Å². The lowest BCUT2D eigenvalue weighted by Gasteiger charge is -2.21. The highest BCUT2D eigenvalue weighted by Gasteiger charge is 2.44. The maximum Gasteiger partial charge on any atom is 0.335 e. The molecule has 0 radical (unpaired) electrons. The van der Waals surface area contributed by atoms with Gasteiger partial charge in [-0.1, -0.05) is 12.5 Å². The molecule has 0 aromatic heterocycles. The lowest BCUT2D eigenvalue weighted by molar-refractivity contribution is -0.143. The number of hydrogen-bond acceptors (Lipinski definition) is 5. The fraction of sp³-hybridized carbons (Fsp3) is 0.571. The Bertz CT molecular complexity index is 519. The lowest BCUT2D eigenvalue weighted by Crippen LogP contribution is -2.46. The number of urea groups is 1. The first-order valence-electron chi connectivity index (χ1n) is 7.27. The molecule has 8 heteroatoms. The van der Waals surface area contributed by atoms with Crippen molar-refractivity contribution in [3.8, 4) is 0 Å². The van der Waals surface area contributed by atoms with Gasteiger partial charge in [0.15, 0.2) is 0 Å². The Morgan fingerprint density at radius 1 is 1.27 bits per heavy atom. The van der Waals surface area contributed by atoms with Crippen molar-refractivity contribution < 1.29 is 19.2 Å². The maximum atomic E-state index is 12.0. The highest BCUT2D eigenvalue weighted by molar-refractivity contribution is 6.45. The minimum atomic E-state index is -0.983. The monoisotopic (exact) mass is 308 g/mol. The first kappa shape index (κ1) is 16.2. The van der Waals surface area contributed by atoms with Crippen LogP contribution in [0.5, 0.6) is 0 Å². The van der Waals surface area contributed by atoms with E-state index in [1.165, 1.54) is 6.08 Å². The number of nitrogens with two attached hydrogens (primary N) is 1. The van der Waals surface area contributed by atoms with Crippen LogP contribution in [-0.4, -0.2) is 59.2 Å². The Labute approximate surface area is 128 Å². The van der Waals surface area contributed by atoms with Gasteiger partial charge in [-0.2, -0.15) is 0 Å². The van der Waals surface area contributed by atoms with E-state index in [9.17, 15) is 19.2 Å². The van der Waals surface area contributed by atoms with Crippen molar-refractivity contribution in [2.45, 2.75) is 25.3 Å². The second-order valence-corrected chi connectivity index (χ2v) is 5.48. The van der Waals surface area contributed by atoms with Gasteiger partial charge >= 0.3 is 17.8 Å². The van der Waals surface area contributed by atoms with Crippen molar-refractivity contribution in [3.63, 3.8) is 0 Å². The zero-order chi connectivity index (χ0) is 16.3. The second kappa shape index (κ2) is 6.69. The Morgan fingerprint density at radius 2 is 1.95 bits per heavy atom. The van der Waals surface area contributed by atoms with E-state index in [2.05, 4.69) is 11.9 Å². The highest BCUT2D eigenvalue weighted by Crippen LogP contribution is 2.24. The third kappa shape index (κ3) is 3.01. The molecular weight excluding hydrogens is 288 g/mol. The number of nitrogens with zero attached hydrogens (tertiary/aromatic N) is 2. The highest BCUT2D eigenvalue weighted by atomic mass is 16.2. The Kier molecular flexibility index (Phi) is 4.92. The Hall–Kier alpha value is -2.22. The number of carbonyl (C=O) groups excluding carboxylic acids is 4. The van der Waals surface area contributed by atoms with E-state index in [4.69, 9.17) is 5.73 Å². The smallest absolute Gasteiger partial charge is 0.335 e. The van der Waals surface area contributed by atoms with Gasteiger partial charge in [0.1, 0.15) is 6.54 Å². The molecule has 8 nitrogen and oxygen atoms in total. The molecule has 1 saturated heterocycles. The summed E-state index contributed by atoms with van der Waals surface area (Å²) in [5, 5.41) is 2.79. The van der Waals surface area contributed by atoms with E-state index in [1.807, 2.05) is 0 Å². The van der Waals surface area contributed by atoms with Gasteiger partial charge in [0.25, 0.3) is 0 Å². The van der Waals surface area contributed by atoms with Gasteiger partial charge in [-0.25, -0.2) is 9.69 Å². The first-order chi connectivity index (χ1) is 10.5. The number of nitrogens with one attached hydrogen (secondary N) is 1. The molecule has 3 N–H and O–H groups in total. The van der Waals surface area contributed by atoms with E-state index < -0.39 is 30.3 Å². The molecule has 1 heterocycles. The molecule has 1 aliphatic carbocycles. The van der Waals surface area contributed by atoms with E-state index in [1.54, 1.807) is 0 Å². The molecule has 5 amide bonds. The standard InChI is InChI=1S/C14H20N4O4/c1-2-6-17-12(20)13(21)18(14(17)22)8-11(19)16-10-5-3-4-9(10)7-15/h2,9-10H,1,3-8,15H2,(H,16,19). The number of rotatable bonds is 6. The minimum absolute atomic E-state index is 0.0368. The molecule has 2 rings (SSSR count). The summed E-state index contributed by atoms with van der Waals surface area (Å²) in [5.41, 5.74) is 5.65. The van der Waals surface area contributed by atoms with E-state index in [0.29, 0.717) is 11.4 Å². The normalized spacial score (nSPS) is 25.0. The summed E-state index contributed by atoms with van der Waals surface area (Å²) in [6, 6.07) is -0.822. The topological polar surface area (TPSA) is 113 Å². The average molecular weight is 308 g/mol. The summed E-state index contributed by atoms with van der Waals surface area (Å²) in [4.78, 5) is 48.9. The molecule has 120 valence electrons. The van der Waals surface area contributed by atoms with Gasteiger partial charge in [-0.3, -0.25) is 19.3 Å². The summed E-state index contributed by atoms with van der Waals surface area (Å²) >= 11 is 0. The van der Waals surface area contributed by atoms with Crippen molar-refractivity contribution in [2.75, 3.05) is 19.6 Å². The van der Waals surface area contributed by atoms with Crippen LogP contribution < -0.4 is 11.1 Å². The number of imide groups is 2. The predicted octanol–water partition coefficient (Wildman–Crippen LogP) is -0.793. The van der Waals surface area contributed by atoms with Crippen LogP contribution in [0, 0.1) is 5.92 Å². The zero-order valence-corrected chi connectivity index (χ0v) is 12.3. The zero-order valence-electron chi connectivity index (χ0n) is 12.3. The third-order valence-corrected chi connectivity index (χ3v) is 4.06. The van der Waals surface area contributed by atoms with E-state index in [-0.39, 0.29) is 18.5 Å². The van der Waals surface area contributed by atoms with Crippen molar-refractivity contribution in [1.82, 2.24) is 15.1 Å². The Morgan fingerprint density at radius 3 is 2.59 bits per heavy atom. The van der Waals surface area contributed by atoms with Gasteiger partial charge < -0.3 is 11.1 Å². The first-order valence-corrected chi connectivity index (χ1v) is 7.27. The number of hydrogen-bond donors (Lipinski definition) is 2. The van der Waals surface area contributed by atoms with E-state index >= 15 is 0 Å². The minimum Gasteiger partial charge on any atom is -0.351 e. The van der Waals surface area contributed by atoms with Gasteiger partial charge in [0.05, 0.1) is 0 Å². The van der Waals surface area contributed by atoms with E-state index in [0.717, 1.165) is 24.2 Å². The summed E-state index contributed by atoms with van der Waals surface area (Å²) in [5.74, 6) is -2.16. The molecule has 1 aliphatic heterocycles. The quantitative estimate of drug-likeness (QED) is 0.379. The molecule has 2 unspecified atom stereocenters. The molecule has 0 aromatic carbocycles. The molecule has 0 bridgehead atoms. The Balaban J connectivity index is 1.96. The fourth-order valence-corrected chi connectivity index (χ4v) is 2.88. The van der Waals surface area contributed by atoms with Crippen molar-refractivity contribution >= 4 is 23.8 Å². The molecule has 2 fully saturated rings. The van der Waals surface area contributed by atoms with Crippen LogP contribution in [0.4, 0.5) is 4.79 Å². The van der Waals surface area contributed by atoms with Crippen LogP contribution in [0.1, 0.15) is 19.3 Å². The number of carbonyl (C=O) groups is 4. The fourth-order valence-electron chi connectivity index (χ4n) is 2.88. The molecule has 2 atom stereocenters. The molecule has 0 aromatic rings. The van der Waals surface area contributed by atoms with Crippen LogP contribution in [0.3, 0.4) is 0 Å². The van der Waals surface area contributed by atoms with Crippen LogP contribution in [0.2, 0.25) is 0 Å². The third-order valence-electron chi connectivity index (χ3n) is 4.06. The van der Waals surface area contributed by atoms with Gasteiger partial charge in [0, 0.05) is 12.6 Å². The molecular formula is C14H20N4O4. The van der Waals surface area contributed by atoms with Gasteiger partial charge in [0.2, 0.25) is 5.91 Å². The predicted molar refractivity (Wildman–Crippen MR) is 77.3 cm³/mol. The summed E-state index contributed by atoms with van der Waals surface area (Å²) in [7, 11) is 0. The molecule has 2 aliphatic rings. The molecule has 22 heavy (non-hydrogen) atoms. The van der Waals surface area contributed by atoms with Crippen LogP contribution >= 0.6 is 0 Å². The van der Waals surface area contributed by atoms with Gasteiger partial charge in [-0.05, 0) is 25.3 Å². The average Bonchev–Trinajstić information content (AvgIpc) is 3.01. The van der Waals surface area contributed by atoms with Crippen molar-refractivity contribution in [2.24, 2.45) is 11.7 Å². The largest absolute Gasteiger partial charge is 0.351 e. The van der Waals surface area contributed by atoms with Crippen LogP contribution in [0.25, 0.3) is 0 Å². The molecule has 0 spiro atoms. The molecule has 1 saturated carbocycles. The van der Waals surface area contributed by atoms with Crippen LogP contribution in [-0.2, 0) is 14.4 Å². The van der Waals surface area contributed by atoms with Crippen molar-refractivity contribution in [3.05, 3.63) is 12.7 Å². The lowest BCUT2D eigenvalue weighted by atomic mass is 10.0.